The highest BCUT2D eigenvalue weighted by molar-refractivity contribution is 5.19. The van der Waals surface area contributed by atoms with Gasteiger partial charge in [0, 0.05) is 32.4 Å². The molecule has 3 rings (SSSR count). The molecule has 0 saturated carbocycles. The summed E-state index contributed by atoms with van der Waals surface area (Å²) in [6.07, 6.45) is 3.58. The molecule has 2 aromatic rings. The Hall–Kier alpha value is -1.79. The van der Waals surface area contributed by atoms with Crippen LogP contribution in [0.2, 0.25) is 0 Å². The molecule has 0 saturated heterocycles. The van der Waals surface area contributed by atoms with Crippen LogP contribution >= 0.6 is 0 Å². The molecule has 2 aromatic heterocycles. The largest absolute Gasteiger partial charge is 0.325 e. The molecule has 6 nitrogen and oxygen atoms in total. The average molecular weight is 244 g/mol. The van der Waals surface area contributed by atoms with Gasteiger partial charge in [-0.25, -0.2) is 0 Å². The molecular formula is C12H16N6. The number of rotatable bonds is 3. The summed E-state index contributed by atoms with van der Waals surface area (Å²) in [5.41, 5.74) is 7.89. The Bertz CT molecular complexity index is 535. The molecule has 18 heavy (non-hydrogen) atoms. The van der Waals surface area contributed by atoms with Crippen molar-refractivity contribution in [2.75, 3.05) is 6.54 Å². The smallest absolute Gasteiger partial charge is 0.147 e. The van der Waals surface area contributed by atoms with E-state index in [2.05, 4.69) is 30.7 Å². The van der Waals surface area contributed by atoms with Crippen LogP contribution in [0.15, 0.2) is 24.7 Å². The van der Waals surface area contributed by atoms with Crippen LogP contribution in [0, 0.1) is 0 Å². The molecule has 0 aromatic carbocycles. The van der Waals surface area contributed by atoms with Crippen molar-refractivity contribution in [3.05, 3.63) is 41.7 Å². The molecule has 0 radical (unpaired) electrons. The number of hydrogen-bond donors (Lipinski definition) is 1. The summed E-state index contributed by atoms with van der Waals surface area (Å²) in [5.74, 6) is 1.03. The summed E-state index contributed by atoms with van der Waals surface area (Å²) >= 11 is 0. The maximum absolute atomic E-state index is 5.71. The van der Waals surface area contributed by atoms with E-state index >= 15 is 0 Å². The lowest BCUT2D eigenvalue weighted by Crippen LogP contribution is -2.33. The Morgan fingerprint density at radius 2 is 2.28 bits per heavy atom. The molecule has 94 valence electrons. The fraction of sp³-hybridized carbons (Fsp3) is 0.417. The molecule has 0 spiro atoms. The number of nitrogens with two attached hydrogens (primary N) is 1. The van der Waals surface area contributed by atoms with Gasteiger partial charge in [-0.05, 0) is 11.6 Å². The van der Waals surface area contributed by atoms with Gasteiger partial charge in [-0.1, -0.05) is 6.07 Å². The molecule has 6 heteroatoms. The maximum atomic E-state index is 5.71. The van der Waals surface area contributed by atoms with Gasteiger partial charge in [-0.2, -0.15) is 0 Å². The monoisotopic (exact) mass is 244 g/mol. The lowest BCUT2D eigenvalue weighted by molar-refractivity contribution is 0.208. The number of fused-ring (bicyclic) bond motifs is 1. The number of aromatic nitrogens is 4. The molecule has 0 bridgehead atoms. The van der Waals surface area contributed by atoms with Gasteiger partial charge in [-0.15, -0.1) is 10.2 Å². The second kappa shape index (κ2) is 4.83. The third kappa shape index (κ3) is 2.12. The van der Waals surface area contributed by atoms with Crippen molar-refractivity contribution < 1.29 is 0 Å². The normalized spacial score (nSPS) is 15.6. The zero-order chi connectivity index (χ0) is 12.4. The first-order valence-electron chi connectivity index (χ1n) is 6.08. The Morgan fingerprint density at radius 3 is 3.17 bits per heavy atom. The van der Waals surface area contributed by atoms with Crippen LogP contribution in [0.3, 0.4) is 0 Å². The van der Waals surface area contributed by atoms with Crippen molar-refractivity contribution in [1.82, 2.24) is 24.6 Å². The quantitative estimate of drug-likeness (QED) is 0.832. The lowest BCUT2D eigenvalue weighted by Gasteiger charge is -2.27. The SMILES string of the molecule is NCc1ncccc1CN1CCn2cnnc2C1. The van der Waals surface area contributed by atoms with E-state index in [9.17, 15) is 0 Å². The van der Waals surface area contributed by atoms with E-state index in [1.807, 2.05) is 6.07 Å². The summed E-state index contributed by atoms with van der Waals surface area (Å²) in [7, 11) is 0. The number of pyridine rings is 1. The van der Waals surface area contributed by atoms with E-state index in [-0.39, 0.29) is 0 Å². The predicted molar refractivity (Wildman–Crippen MR) is 66.3 cm³/mol. The molecule has 1 aliphatic rings. The van der Waals surface area contributed by atoms with Gasteiger partial charge in [0.1, 0.15) is 12.2 Å². The van der Waals surface area contributed by atoms with Crippen molar-refractivity contribution in [2.24, 2.45) is 5.73 Å². The van der Waals surface area contributed by atoms with Gasteiger partial charge in [-0.3, -0.25) is 9.88 Å². The molecule has 0 fully saturated rings. The summed E-state index contributed by atoms with van der Waals surface area (Å²) in [6, 6.07) is 4.05. The summed E-state index contributed by atoms with van der Waals surface area (Å²) < 4.78 is 2.10. The predicted octanol–water partition coefficient (Wildman–Crippen LogP) is 0.148. The third-order valence-electron chi connectivity index (χ3n) is 3.29. The van der Waals surface area contributed by atoms with Crippen molar-refractivity contribution in [3.63, 3.8) is 0 Å². The van der Waals surface area contributed by atoms with Crippen molar-refractivity contribution in [3.8, 4) is 0 Å². The van der Waals surface area contributed by atoms with Crippen LogP contribution in [0.4, 0.5) is 0 Å². The third-order valence-corrected chi connectivity index (χ3v) is 3.29. The Balaban J connectivity index is 1.74. The molecule has 0 amide bonds. The zero-order valence-corrected chi connectivity index (χ0v) is 10.2. The molecular weight excluding hydrogens is 228 g/mol. The van der Waals surface area contributed by atoms with E-state index in [1.54, 1.807) is 12.5 Å². The Morgan fingerprint density at radius 1 is 1.33 bits per heavy atom. The first-order chi connectivity index (χ1) is 8.86. The lowest BCUT2D eigenvalue weighted by atomic mass is 10.1. The van der Waals surface area contributed by atoms with Gasteiger partial charge in [0.2, 0.25) is 0 Å². The highest BCUT2D eigenvalue weighted by Gasteiger charge is 2.18. The molecule has 0 unspecified atom stereocenters. The van der Waals surface area contributed by atoms with E-state index in [4.69, 9.17) is 5.73 Å². The second-order valence-corrected chi connectivity index (χ2v) is 4.46. The number of nitrogens with zero attached hydrogens (tertiary/aromatic N) is 5. The fourth-order valence-corrected chi connectivity index (χ4v) is 2.29. The highest BCUT2D eigenvalue weighted by atomic mass is 15.3. The molecule has 0 aliphatic carbocycles. The maximum Gasteiger partial charge on any atom is 0.147 e. The van der Waals surface area contributed by atoms with Crippen LogP contribution < -0.4 is 5.73 Å². The van der Waals surface area contributed by atoms with E-state index in [0.29, 0.717) is 6.54 Å². The summed E-state index contributed by atoms with van der Waals surface area (Å²) in [5, 5.41) is 8.06. The van der Waals surface area contributed by atoms with Crippen LogP contribution in [0.25, 0.3) is 0 Å². The molecule has 3 heterocycles. The average Bonchev–Trinajstić information content (AvgIpc) is 2.87. The second-order valence-electron chi connectivity index (χ2n) is 4.46. The van der Waals surface area contributed by atoms with Crippen LogP contribution in [0.1, 0.15) is 17.1 Å². The van der Waals surface area contributed by atoms with Crippen molar-refractivity contribution >= 4 is 0 Å². The molecule has 2 N–H and O–H groups in total. The van der Waals surface area contributed by atoms with Gasteiger partial charge in [0.05, 0.1) is 12.2 Å². The van der Waals surface area contributed by atoms with E-state index in [0.717, 1.165) is 37.7 Å². The van der Waals surface area contributed by atoms with Gasteiger partial charge >= 0.3 is 0 Å². The zero-order valence-electron chi connectivity index (χ0n) is 10.2. The van der Waals surface area contributed by atoms with Crippen LogP contribution in [-0.4, -0.2) is 31.2 Å². The minimum Gasteiger partial charge on any atom is -0.325 e. The van der Waals surface area contributed by atoms with Crippen molar-refractivity contribution in [2.45, 2.75) is 26.2 Å². The summed E-state index contributed by atoms with van der Waals surface area (Å²) in [4.78, 5) is 6.66. The summed E-state index contributed by atoms with van der Waals surface area (Å²) in [6.45, 7) is 4.14. The Kier molecular flexibility index (Phi) is 3.04. The first kappa shape index (κ1) is 11.3. The Labute approximate surface area is 105 Å². The topological polar surface area (TPSA) is 72.9 Å². The first-order valence-corrected chi connectivity index (χ1v) is 6.08. The van der Waals surface area contributed by atoms with Gasteiger partial charge < -0.3 is 10.3 Å². The van der Waals surface area contributed by atoms with E-state index < -0.39 is 0 Å². The number of hydrogen-bond acceptors (Lipinski definition) is 5. The van der Waals surface area contributed by atoms with Gasteiger partial charge in [0.15, 0.2) is 0 Å². The fourth-order valence-electron chi connectivity index (χ4n) is 2.29. The molecule has 1 aliphatic heterocycles. The van der Waals surface area contributed by atoms with Crippen LogP contribution in [-0.2, 0) is 26.2 Å². The van der Waals surface area contributed by atoms with Gasteiger partial charge in [0.25, 0.3) is 0 Å². The molecule has 0 atom stereocenters. The minimum atomic E-state index is 0.486. The van der Waals surface area contributed by atoms with E-state index in [1.165, 1.54) is 5.56 Å². The van der Waals surface area contributed by atoms with Crippen molar-refractivity contribution in [1.29, 1.82) is 0 Å². The minimum absolute atomic E-state index is 0.486. The standard InChI is InChI=1S/C12H16N6/c13-6-11-10(2-1-3-14-11)7-17-4-5-18-9-15-16-12(18)8-17/h1-3,9H,4-8,13H2. The van der Waals surface area contributed by atoms with Crippen LogP contribution in [0.5, 0.6) is 0 Å². The highest BCUT2D eigenvalue weighted by Crippen LogP contribution is 2.14.